The van der Waals surface area contributed by atoms with Gasteiger partial charge < -0.3 is 9.80 Å². The van der Waals surface area contributed by atoms with Crippen LogP contribution in [0, 0.1) is 11.7 Å². The molecule has 0 aromatic heterocycles. The molecule has 1 atom stereocenters. The Morgan fingerprint density at radius 1 is 1.16 bits per heavy atom. The smallest absolute Gasteiger partial charge is 0.241 e. The summed E-state index contributed by atoms with van der Waals surface area (Å²) in [7, 11) is 0. The molecule has 3 aliphatic rings. The quantitative estimate of drug-likeness (QED) is 0.577. The molecule has 1 saturated heterocycles. The lowest BCUT2D eigenvalue weighted by Crippen LogP contribution is -2.49. The molecule has 0 bridgehead atoms. The van der Waals surface area contributed by atoms with Gasteiger partial charge in [-0.2, -0.15) is 0 Å². The molecule has 2 heterocycles. The highest BCUT2D eigenvalue weighted by atomic mass is 79.9. The maximum absolute atomic E-state index is 13.1. The molecule has 2 amide bonds. The van der Waals surface area contributed by atoms with Crippen molar-refractivity contribution in [2.24, 2.45) is 10.9 Å². The van der Waals surface area contributed by atoms with E-state index in [2.05, 4.69) is 25.8 Å². The third kappa shape index (κ3) is 4.93. The highest BCUT2D eigenvalue weighted by molar-refractivity contribution is 9.11. The number of halogens is 2. The summed E-state index contributed by atoms with van der Waals surface area (Å²) >= 11 is 8.70. The van der Waals surface area contributed by atoms with E-state index in [1.165, 1.54) is 17.0 Å². The van der Waals surface area contributed by atoms with Crippen molar-refractivity contribution in [1.82, 2.24) is 9.80 Å². The Kier molecular flexibility index (Phi) is 6.62. The van der Waals surface area contributed by atoms with Crippen molar-refractivity contribution in [1.29, 1.82) is 0 Å². The molecule has 1 unspecified atom stereocenters. The lowest BCUT2D eigenvalue weighted by atomic mass is 9.95. The number of anilines is 1. The molecule has 162 valence electrons. The van der Waals surface area contributed by atoms with Crippen molar-refractivity contribution >= 4 is 56.5 Å². The number of carbonyl (C=O) groups is 2. The van der Waals surface area contributed by atoms with Gasteiger partial charge in [-0.1, -0.05) is 22.0 Å². The number of thiocarbonyl (C=S) groups is 1. The van der Waals surface area contributed by atoms with Crippen LogP contribution in [-0.4, -0.2) is 65.2 Å². The number of rotatable bonds is 5. The molecule has 2 aliphatic heterocycles. The van der Waals surface area contributed by atoms with Gasteiger partial charge >= 0.3 is 0 Å². The molecule has 9 heteroatoms. The van der Waals surface area contributed by atoms with Crippen molar-refractivity contribution in [2.45, 2.75) is 12.8 Å². The van der Waals surface area contributed by atoms with Gasteiger partial charge in [-0.05, 0) is 55.1 Å². The Balaban J connectivity index is 1.26. The van der Waals surface area contributed by atoms with Gasteiger partial charge in [0.25, 0.3) is 0 Å². The molecule has 0 radical (unpaired) electrons. The van der Waals surface area contributed by atoms with Crippen LogP contribution in [0.4, 0.5) is 10.1 Å². The van der Waals surface area contributed by atoms with Crippen LogP contribution in [0.2, 0.25) is 0 Å². The predicted octanol–water partition coefficient (Wildman–Crippen LogP) is 3.29. The van der Waals surface area contributed by atoms with Crippen molar-refractivity contribution in [3.05, 3.63) is 52.8 Å². The van der Waals surface area contributed by atoms with Crippen LogP contribution in [-0.2, 0) is 9.59 Å². The molecular weight excluding hydrogens is 483 g/mol. The molecule has 1 aliphatic carbocycles. The van der Waals surface area contributed by atoms with Gasteiger partial charge in [0, 0.05) is 49.3 Å². The summed E-state index contributed by atoms with van der Waals surface area (Å²) in [6.07, 6.45) is 6.34. The molecular formula is C22H22BrFN4O2S. The fourth-order valence-electron chi connectivity index (χ4n) is 3.92. The number of fused-ring (bicyclic) bond motifs is 1. The molecule has 6 nitrogen and oxygen atoms in total. The normalized spacial score (nSPS) is 21.1. The third-order valence-corrected chi connectivity index (χ3v) is 6.48. The van der Waals surface area contributed by atoms with E-state index in [4.69, 9.17) is 12.2 Å². The van der Waals surface area contributed by atoms with Crippen LogP contribution >= 0.6 is 28.1 Å². The number of aliphatic imine (C=N–C) groups is 1. The summed E-state index contributed by atoms with van der Waals surface area (Å²) in [6.45, 7) is 3.04. The number of nitrogens with zero attached hydrogens (tertiary/aromatic N) is 4. The number of hydrogen-bond acceptors (Lipinski definition) is 4. The molecule has 0 spiro atoms. The second kappa shape index (κ2) is 9.40. The summed E-state index contributed by atoms with van der Waals surface area (Å²) < 4.78 is 13.9. The van der Waals surface area contributed by atoms with E-state index in [1.54, 1.807) is 18.2 Å². The molecule has 1 fully saturated rings. The summed E-state index contributed by atoms with van der Waals surface area (Å²) in [6, 6.07) is 6.42. The minimum Gasteiger partial charge on any atom is -0.368 e. The molecule has 31 heavy (non-hydrogen) atoms. The Morgan fingerprint density at radius 3 is 2.58 bits per heavy atom. The lowest BCUT2D eigenvalue weighted by Gasteiger charge is -2.36. The number of allylic oxidation sites excluding steroid dienone is 3. The summed E-state index contributed by atoms with van der Waals surface area (Å²) in [5.74, 6) is -0.714. The van der Waals surface area contributed by atoms with Crippen LogP contribution in [0.15, 0.2) is 52.0 Å². The first-order valence-corrected chi connectivity index (χ1v) is 11.4. The minimum absolute atomic E-state index is 0.0709. The molecule has 0 N–H and O–H groups in total. The van der Waals surface area contributed by atoms with E-state index in [0.717, 1.165) is 10.2 Å². The van der Waals surface area contributed by atoms with Gasteiger partial charge in [0.15, 0.2) is 0 Å². The van der Waals surface area contributed by atoms with Gasteiger partial charge in [0.2, 0.25) is 16.9 Å². The SMILES string of the molecule is O=C(CCCN1C(=O)C2C=C(Br)C=CC2=NC1=S)N1CCN(c2ccc(F)cc2)CC1. The van der Waals surface area contributed by atoms with Crippen LogP contribution in [0.25, 0.3) is 0 Å². The van der Waals surface area contributed by atoms with Gasteiger partial charge in [0.05, 0.1) is 5.71 Å². The summed E-state index contributed by atoms with van der Waals surface area (Å²) in [5.41, 5.74) is 1.62. The number of amides is 2. The standard InChI is InChI=1S/C22H22BrFN4O2S/c23-15-3-8-19-18(14-15)21(30)28(22(31)25-19)9-1-2-20(29)27-12-10-26(11-13-27)17-6-4-16(24)5-7-17/h3-8,14,18H,1-2,9-13H2. The van der Waals surface area contributed by atoms with Crippen LogP contribution < -0.4 is 4.90 Å². The average molecular weight is 505 g/mol. The van der Waals surface area contributed by atoms with Gasteiger partial charge in [-0.3, -0.25) is 14.5 Å². The number of hydrogen-bond donors (Lipinski definition) is 0. The molecule has 1 aromatic carbocycles. The first kappa shape index (κ1) is 21.8. The Labute approximate surface area is 194 Å². The van der Waals surface area contributed by atoms with Crippen LogP contribution in [0.5, 0.6) is 0 Å². The lowest BCUT2D eigenvalue weighted by molar-refractivity contribution is -0.132. The summed E-state index contributed by atoms with van der Waals surface area (Å²) in [5, 5.41) is 0.257. The van der Waals surface area contributed by atoms with Crippen molar-refractivity contribution in [2.75, 3.05) is 37.6 Å². The Hall–Kier alpha value is -2.39. The van der Waals surface area contributed by atoms with Crippen molar-refractivity contribution in [3.63, 3.8) is 0 Å². The first-order chi connectivity index (χ1) is 14.9. The number of piperazine rings is 1. The third-order valence-electron chi connectivity index (χ3n) is 5.64. The zero-order valence-electron chi connectivity index (χ0n) is 16.8. The maximum Gasteiger partial charge on any atom is 0.241 e. The monoisotopic (exact) mass is 504 g/mol. The fraction of sp³-hybridized carbons (Fsp3) is 0.364. The average Bonchev–Trinajstić information content (AvgIpc) is 2.77. The van der Waals surface area contributed by atoms with E-state index in [-0.39, 0.29) is 22.7 Å². The van der Waals surface area contributed by atoms with Gasteiger partial charge in [-0.15, -0.1) is 0 Å². The Bertz CT molecular complexity index is 984. The van der Waals surface area contributed by atoms with Crippen LogP contribution in [0.3, 0.4) is 0 Å². The van der Waals surface area contributed by atoms with Crippen molar-refractivity contribution < 1.29 is 14.0 Å². The topological polar surface area (TPSA) is 56.2 Å². The minimum atomic E-state index is -0.429. The fourth-order valence-corrected chi connectivity index (χ4v) is 4.61. The summed E-state index contributed by atoms with van der Waals surface area (Å²) in [4.78, 5) is 35.3. The maximum atomic E-state index is 13.1. The van der Waals surface area contributed by atoms with Crippen molar-refractivity contribution in [3.8, 4) is 0 Å². The highest BCUT2D eigenvalue weighted by Crippen LogP contribution is 2.25. The molecule has 0 saturated carbocycles. The predicted molar refractivity (Wildman–Crippen MR) is 126 cm³/mol. The first-order valence-electron chi connectivity index (χ1n) is 10.2. The van der Waals surface area contributed by atoms with Crippen LogP contribution in [0.1, 0.15) is 12.8 Å². The van der Waals surface area contributed by atoms with E-state index in [9.17, 15) is 14.0 Å². The largest absolute Gasteiger partial charge is 0.368 e. The number of benzene rings is 1. The molecule has 4 rings (SSSR count). The molecule has 1 aromatic rings. The Morgan fingerprint density at radius 2 is 1.87 bits per heavy atom. The van der Waals surface area contributed by atoms with Gasteiger partial charge in [0.1, 0.15) is 11.7 Å². The highest BCUT2D eigenvalue weighted by Gasteiger charge is 2.34. The van der Waals surface area contributed by atoms with E-state index in [0.29, 0.717) is 51.3 Å². The number of carbonyl (C=O) groups excluding carboxylic acids is 2. The zero-order valence-corrected chi connectivity index (χ0v) is 19.2. The van der Waals surface area contributed by atoms with E-state index < -0.39 is 5.92 Å². The second-order valence-corrected chi connectivity index (χ2v) is 8.90. The van der Waals surface area contributed by atoms with E-state index >= 15 is 0 Å². The zero-order chi connectivity index (χ0) is 22.0. The van der Waals surface area contributed by atoms with E-state index in [1.807, 2.05) is 17.1 Å². The second-order valence-electron chi connectivity index (χ2n) is 7.62. The van der Waals surface area contributed by atoms with Gasteiger partial charge in [-0.25, -0.2) is 9.38 Å².